The average molecular weight is 553 g/mol. The van der Waals surface area contributed by atoms with E-state index in [9.17, 15) is 35.5 Å². The monoisotopic (exact) mass is 552 g/mol. The third-order valence-corrected chi connectivity index (χ3v) is 5.56. The summed E-state index contributed by atoms with van der Waals surface area (Å²) in [6, 6.07) is 6.07. The molecule has 3 N–H and O–H groups in total. The van der Waals surface area contributed by atoms with Gasteiger partial charge in [-0.05, 0) is 30.5 Å². The molecule has 0 radical (unpaired) electrons. The number of amides is 1. The van der Waals surface area contributed by atoms with Crippen LogP contribution in [0.2, 0.25) is 5.02 Å². The number of alkyl halides is 7. The van der Waals surface area contributed by atoms with E-state index in [0.29, 0.717) is 17.5 Å². The van der Waals surface area contributed by atoms with Gasteiger partial charge in [-0.25, -0.2) is 4.68 Å². The Labute approximate surface area is 209 Å². The summed E-state index contributed by atoms with van der Waals surface area (Å²) in [6.45, 7) is -3.85. The number of carbonyl (C=O) groups excluding carboxylic acids is 1. The van der Waals surface area contributed by atoms with Crippen molar-refractivity contribution in [3.63, 3.8) is 0 Å². The molecule has 0 aliphatic heterocycles. The molecule has 1 heterocycles. The first-order valence-electron chi connectivity index (χ1n) is 10.2. The lowest BCUT2D eigenvalue weighted by atomic mass is 10.1. The summed E-state index contributed by atoms with van der Waals surface area (Å²) in [6.07, 6.45) is -3.21. The first-order chi connectivity index (χ1) is 17.2. The third-order valence-electron chi connectivity index (χ3n) is 5.23. The lowest BCUT2D eigenvalue weighted by Crippen LogP contribution is -2.45. The molecule has 198 valence electrons. The Morgan fingerprint density at radius 1 is 1.27 bits per heavy atom. The Morgan fingerprint density at radius 3 is 2.43 bits per heavy atom. The van der Waals surface area contributed by atoms with Crippen molar-refractivity contribution in [1.29, 1.82) is 10.7 Å². The summed E-state index contributed by atoms with van der Waals surface area (Å²) in [4.78, 5) is 12.6. The van der Waals surface area contributed by atoms with Crippen molar-refractivity contribution in [3.8, 4) is 17.2 Å². The molecule has 0 spiro atoms. The van der Waals surface area contributed by atoms with Crippen LogP contribution in [0.5, 0.6) is 0 Å². The molecule has 1 saturated carbocycles. The van der Waals surface area contributed by atoms with Crippen LogP contribution in [0.4, 0.5) is 30.7 Å². The van der Waals surface area contributed by atoms with E-state index in [-0.39, 0.29) is 21.7 Å². The van der Waals surface area contributed by atoms with E-state index in [1.54, 1.807) is 0 Å². The van der Waals surface area contributed by atoms with Gasteiger partial charge in [-0.15, -0.1) is 0 Å². The minimum Gasteiger partial charge on any atom is -0.429 e. The normalized spacial score (nSPS) is 15.5. The van der Waals surface area contributed by atoms with E-state index in [2.05, 4.69) is 20.5 Å². The standard InChI is InChI=1S/C21H16ClF7N6O2/c1-32-16(14(37-18(23)24)15(31)20(25,26)21(27,28)29)35-8-11(7-33-35)10-2-3-13(22)12(6-10)17(36)34-19(9-30)4-5-19/h2-3,6-8,18,31-32H,4-5H2,1H3,(H,34,36)/b16-14-,31-15?. The maximum Gasteiger partial charge on any atom is 0.459 e. The van der Waals surface area contributed by atoms with E-state index in [1.165, 1.54) is 18.2 Å². The fraction of sp³-hybridized carbons (Fsp3) is 0.333. The van der Waals surface area contributed by atoms with Crippen molar-refractivity contribution in [2.45, 2.75) is 37.1 Å². The zero-order valence-electron chi connectivity index (χ0n) is 18.6. The predicted molar refractivity (Wildman–Crippen MR) is 116 cm³/mol. The summed E-state index contributed by atoms with van der Waals surface area (Å²) >= 11 is 6.10. The predicted octanol–water partition coefficient (Wildman–Crippen LogP) is 4.79. The Bertz CT molecular complexity index is 1300. The van der Waals surface area contributed by atoms with E-state index in [0.717, 1.165) is 19.4 Å². The second-order valence-corrected chi connectivity index (χ2v) is 8.18. The van der Waals surface area contributed by atoms with Crippen molar-refractivity contribution in [2.75, 3.05) is 7.05 Å². The van der Waals surface area contributed by atoms with Gasteiger partial charge < -0.3 is 15.4 Å². The van der Waals surface area contributed by atoms with Gasteiger partial charge in [0.1, 0.15) is 5.54 Å². The molecule has 1 amide bonds. The molecular formula is C21H16ClF7N6O2. The molecule has 8 nitrogen and oxygen atoms in total. The van der Waals surface area contributed by atoms with Crippen LogP contribution < -0.4 is 10.6 Å². The minimum atomic E-state index is -6.26. The molecule has 2 aromatic rings. The Kier molecular flexibility index (Phi) is 7.45. The molecule has 1 aliphatic carbocycles. The minimum absolute atomic E-state index is 0.0221. The number of ether oxygens (including phenoxy) is 1. The Morgan fingerprint density at radius 2 is 1.92 bits per heavy atom. The smallest absolute Gasteiger partial charge is 0.429 e. The van der Waals surface area contributed by atoms with Crippen LogP contribution in [0.25, 0.3) is 16.9 Å². The van der Waals surface area contributed by atoms with Gasteiger partial charge in [0, 0.05) is 18.8 Å². The first-order valence-corrected chi connectivity index (χ1v) is 10.5. The molecular weight excluding hydrogens is 537 g/mol. The molecule has 1 aromatic heterocycles. The van der Waals surface area contributed by atoms with Crippen molar-refractivity contribution in [3.05, 3.63) is 46.9 Å². The number of allylic oxidation sites excluding steroid dienone is 1. The fourth-order valence-electron chi connectivity index (χ4n) is 3.09. The van der Waals surface area contributed by atoms with Crippen LogP contribution in [0, 0.1) is 16.7 Å². The average Bonchev–Trinajstić information content (AvgIpc) is 3.42. The van der Waals surface area contributed by atoms with E-state index in [1.807, 2.05) is 6.07 Å². The van der Waals surface area contributed by atoms with Crippen LogP contribution in [0.1, 0.15) is 23.2 Å². The van der Waals surface area contributed by atoms with E-state index >= 15 is 0 Å². The number of halogens is 8. The van der Waals surface area contributed by atoms with Gasteiger partial charge in [-0.3, -0.25) is 10.2 Å². The van der Waals surface area contributed by atoms with E-state index < -0.39 is 47.4 Å². The summed E-state index contributed by atoms with van der Waals surface area (Å²) < 4.78 is 96.2. The highest BCUT2D eigenvalue weighted by atomic mass is 35.5. The van der Waals surface area contributed by atoms with Crippen molar-refractivity contribution in [2.24, 2.45) is 0 Å². The van der Waals surface area contributed by atoms with Gasteiger partial charge >= 0.3 is 18.7 Å². The van der Waals surface area contributed by atoms with Gasteiger partial charge in [-0.2, -0.15) is 41.1 Å². The van der Waals surface area contributed by atoms with Gasteiger partial charge in [0.05, 0.1) is 22.9 Å². The van der Waals surface area contributed by atoms with Crippen LogP contribution >= 0.6 is 11.6 Å². The molecule has 0 atom stereocenters. The molecule has 0 unspecified atom stereocenters. The summed E-state index contributed by atoms with van der Waals surface area (Å²) in [5.41, 5.74) is -3.15. The highest BCUT2D eigenvalue weighted by molar-refractivity contribution is 6.34. The highest BCUT2D eigenvalue weighted by Gasteiger charge is 2.62. The number of hydrogen-bond donors (Lipinski definition) is 3. The van der Waals surface area contributed by atoms with Crippen LogP contribution in [0.3, 0.4) is 0 Å². The second kappa shape index (κ2) is 9.92. The number of aromatic nitrogens is 2. The topological polar surface area (TPSA) is 116 Å². The van der Waals surface area contributed by atoms with E-state index in [4.69, 9.17) is 22.3 Å². The first kappa shape index (κ1) is 27.8. The highest BCUT2D eigenvalue weighted by Crippen LogP contribution is 2.39. The van der Waals surface area contributed by atoms with Gasteiger partial charge in [0.2, 0.25) is 0 Å². The Hall–Kier alpha value is -3.80. The molecule has 1 aromatic carbocycles. The molecule has 16 heteroatoms. The maximum absolute atomic E-state index is 13.8. The number of benzene rings is 1. The molecule has 1 aliphatic rings. The number of hydrogen-bond acceptors (Lipinski definition) is 6. The third kappa shape index (κ3) is 5.63. The second-order valence-electron chi connectivity index (χ2n) is 7.77. The fourth-order valence-corrected chi connectivity index (χ4v) is 3.29. The number of carbonyl (C=O) groups is 1. The van der Waals surface area contributed by atoms with Crippen molar-refractivity contribution >= 4 is 29.0 Å². The molecule has 0 saturated heterocycles. The van der Waals surface area contributed by atoms with Gasteiger partial charge in [0.25, 0.3) is 5.91 Å². The lowest BCUT2D eigenvalue weighted by molar-refractivity contribution is -0.250. The van der Waals surface area contributed by atoms with Crippen molar-refractivity contribution < 1.29 is 40.3 Å². The lowest BCUT2D eigenvalue weighted by Gasteiger charge is -2.23. The molecule has 3 rings (SSSR count). The summed E-state index contributed by atoms with van der Waals surface area (Å²) in [5, 5.41) is 25.0. The molecule has 1 fully saturated rings. The molecule has 0 bridgehead atoms. The summed E-state index contributed by atoms with van der Waals surface area (Å²) in [5.74, 6) is -9.19. The maximum atomic E-state index is 13.8. The zero-order valence-corrected chi connectivity index (χ0v) is 19.3. The largest absolute Gasteiger partial charge is 0.459 e. The zero-order chi connectivity index (χ0) is 27.8. The van der Waals surface area contributed by atoms with Gasteiger partial charge in [-0.1, -0.05) is 17.7 Å². The number of nitrogens with zero attached hydrogens (tertiary/aromatic N) is 3. The number of rotatable bonds is 9. The Balaban J connectivity index is 2.02. The molecule has 37 heavy (non-hydrogen) atoms. The number of nitrogens with one attached hydrogen (secondary N) is 3. The SMILES string of the molecule is CN/C(=C(/OC(F)F)C(=N)C(F)(F)C(F)(F)F)n1cc(-c2ccc(Cl)c(C(=O)NC3(C#N)CC3)c2)cn1. The van der Waals surface area contributed by atoms with Crippen LogP contribution in [0.15, 0.2) is 36.4 Å². The van der Waals surface area contributed by atoms with Crippen molar-refractivity contribution in [1.82, 2.24) is 20.4 Å². The quantitative estimate of drug-likeness (QED) is 0.235. The van der Waals surface area contributed by atoms with Gasteiger partial charge in [0.15, 0.2) is 17.3 Å². The van der Waals surface area contributed by atoms with Crippen LogP contribution in [-0.4, -0.2) is 52.7 Å². The van der Waals surface area contributed by atoms with Crippen LogP contribution in [-0.2, 0) is 4.74 Å². The summed E-state index contributed by atoms with van der Waals surface area (Å²) in [7, 11) is 0.998. The number of nitriles is 1.